The van der Waals surface area contributed by atoms with Gasteiger partial charge in [-0.25, -0.2) is 0 Å². The van der Waals surface area contributed by atoms with E-state index in [1.54, 1.807) is 0 Å². The zero-order valence-corrected chi connectivity index (χ0v) is 15.2. The molecule has 0 saturated carbocycles. The van der Waals surface area contributed by atoms with E-state index in [4.69, 9.17) is 4.74 Å². The maximum atomic E-state index is 11.8. The summed E-state index contributed by atoms with van der Waals surface area (Å²) in [5.74, 6) is -0.316. The quantitative estimate of drug-likeness (QED) is 0.409. The number of carbonyl (C=O) groups excluding carboxylic acids is 1. The van der Waals surface area contributed by atoms with Gasteiger partial charge in [0.15, 0.2) is 0 Å². The monoisotopic (exact) mass is 353 g/mol. The summed E-state index contributed by atoms with van der Waals surface area (Å²) < 4.78 is 7.68. The van der Waals surface area contributed by atoms with Crippen molar-refractivity contribution in [2.75, 3.05) is 7.11 Å². The standard InChI is InChI=1S/C19H19N3O2S/c1-13-8-10-15(11-9-13)14(2)20-21-19-22(12-18(23)24-3)16-6-4-5-7-17(16)25-19/h4-11H,12H2,1-3H3/b20-14+,21-19+. The fraction of sp³-hybridized carbons (Fsp3) is 0.211. The lowest BCUT2D eigenvalue weighted by molar-refractivity contribution is -0.141. The topological polar surface area (TPSA) is 56.0 Å². The molecule has 3 rings (SSSR count). The van der Waals surface area contributed by atoms with Crippen molar-refractivity contribution < 1.29 is 9.53 Å². The smallest absolute Gasteiger partial charge is 0.325 e. The third-order valence-electron chi connectivity index (χ3n) is 3.86. The van der Waals surface area contributed by atoms with E-state index in [9.17, 15) is 4.79 Å². The Bertz CT molecular complexity index is 997. The molecule has 0 radical (unpaired) electrons. The summed E-state index contributed by atoms with van der Waals surface area (Å²) in [5.41, 5.74) is 3.99. The largest absolute Gasteiger partial charge is 0.468 e. The van der Waals surface area contributed by atoms with Crippen molar-refractivity contribution in [1.29, 1.82) is 0 Å². The molecule has 0 unspecified atom stereocenters. The van der Waals surface area contributed by atoms with Crippen LogP contribution < -0.4 is 4.80 Å². The molecule has 0 bridgehead atoms. The van der Waals surface area contributed by atoms with Crippen molar-refractivity contribution >= 4 is 33.2 Å². The molecule has 0 N–H and O–H groups in total. The van der Waals surface area contributed by atoms with Crippen LogP contribution in [-0.2, 0) is 16.1 Å². The molecule has 1 aromatic heterocycles. The van der Waals surface area contributed by atoms with E-state index < -0.39 is 0 Å². The Labute approximate surface area is 149 Å². The molecular weight excluding hydrogens is 334 g/mol. The molecule has 2 aromatic carbocycles. The third-order valence-corrected chi connectivity index (χ3v) is 4.91. The zero-order chi connectivity index (χ0) is 17.8. The number of fused-ring (bicyclic) bond motifs is 1. The van der Waals surface area contributed by atoms with Gasteiger partial charge in [0.1, 0.15) is 6.54 Å². The fourth-order valence-electron chi connectivity index (χ4n) is 2.41. The van der Waals surface area contributed by atoms with Crippen LogP contribution in [0.4, 0.5) is 0 Å². The van der Waals surface area contributed by atoms with E-state index in [1.165, 1.54) is 24.0 Å². The molecule has 0 atom stereocenters. The Morgan fingerprint density at radius 2 is 1.88 bits per heavy atom. The van der Waals surface area contributed by atoms with Crippen LogP contribution in [0, 0.1) is 6.92 Å². The SMILES string of the molecule is COC(=O)Cn1/c(=N\N=C(/C)c2ccc(C)cc2)sc2ccccc21. The van der Waals surface area contributed by atoms with Gasteiger partial charge in [0.25, 0.3) is 0 Å². The van der Waals surface area contributed by atoms with Crippen LogP contribution >= 0.6 is 11.3 Å². The number of para-hydroxylation sites is 1. The number of benzene rings is 2. The molecule has 128 valence electrons. The van der Waals surface area contributed by atoms with Gasteiger partial charge in [-0.3, -0.25) is 4.79 Å². The van der Waals surface area contributed by atoms with Crippen molar-refractivity contribution in [1.82, 2.24) is 4.57 Å². The molecule has 3 aromatic rings. The fourth-order valence-corrected chi connectivity index (χ4v) is 3.39. The first-order valence-corrected chi connectivity index (χ1v) is 8.70. The second-order valence-electron chi connectivity index (χ2n) is 5.67. The molecular formula is C19H19N3O2S. The average Bonchev–Trinajstić information content (AvgIpc) is 2.98. The van der Waals surface area contributed by atoms with E-state index >= 15 is 0 Å². The highest BCUT2D eigenvalue weighted by Crippen LogP contribution is 2.16. The van der Waals surface area contributed by atoms with Gasteiger partial charge in [-0.05, 0) is 31.5 Å². The molecule has 0 aliphatic rings. The highest BCUT2D eigenvalue weighted by molar-refractivity contribution is 7.16. The summed E-state index contributed by atoms with van der Waals surface area (Å²) >= 11 is 1.50. The van der Waals surface area contributed by atoms with Gasteiger partial charge in [-0.1, -0.05) is 53.3 Å². The number of thiazole rings is 1. The van der Waals surface area contributed by atoms with Gasteiger partial charge in [-0.15, -0.1) is 5.10 Å². The number of nitrogens with zero attached hydrogens (tertiary/aromatic N) is 3. The molecule has 0 amide bonds. The second-order valence-corrected chi connectivity index (χ2v) is 6.68. The van der Waals surface area contributed by atoms with Gasteiger partial charge in [-0.2, -0.15) is 5.10 Å². The first-order chi connectivity index (χ1) is 12.1. The number of aromatic nitrogens is 1. The number of hydrogen-bond acceptors (Lipinski definition) is 5. The average molecular weight is 353 g/mol. The Morgan fingerprint density at radius 3 is 2.60 bits per heavy atom. The molecule has 0 saturated heterocycles. The van der Waals surface area contributed by atoms with E-state index in [-0.39, 0.29) is 12.5 Å². The number of aryl methyl sites for hydroxylation is 1. The van der Waals surface area contributed by atoms with Gasteiger partial charge in [0.2, 0.25) is 4.80 Å². The lowest BCUT2D eigenvalue weighted by Gasteiger charge is -2.03. The highest BCUT2D eigenvalue weighted by atomic mass is 32.1. The summed E-state index contributed by atoms with van der Waals surface area (Å²) in [5, 5.41) is 8.75. The summed E-state index contributed by atoms with van der Waals surface area (Å²) in [6, 6.07) is 16.0. The summed E-state index contributed by atoms with van der Waals surface area (Å²) in [6.45, 7) is 4.08. The lowest BCUT2D eigenvalue weighted by atomic mass is 10.1. The normalized spacial score (nSPS) is 12.6. The highest BCUT2D eigenvalue weighted by Gasteiger charge is 2.10. The van der Waals surface area contributed by atoms with E-state index in [2.05, 4.69) is 10.2 Å². The second kappa shape index (κ2) is 7.44. The molecule has 1 heterocycles. The van der Waals surface area contributed by atoms with Crippen LogP contribution in [0.25, 0.3) is 10.2 Å². The lowest BCUT2D eigenvalue weighted by Crippen LogP contribution is -2.21. The molecule has 0 spiro atoms. The number of hydrogen-bond donors (Lipinski definition) is 0. The summed E-state index contributed by atoms with van der Waals surface area (Å²) in [6.07, 6.45) is 0. The Morgan fingerprint density at radius 1 is 1.16 bits per heavy atom. The number of methoxy groups -OCH3 is 1. The first kappa shape index (κ1) is 17.1. The van der Waals surface area contributed by atoms with Gasteiger partial charge in [0, 0.05) is 0 Å². The Kier molecular flexibility index (Phi) is 5.09. The minimum atomic E-state index is -0.316. The molecule has 0 aliphatic carbocycles. The van der Waals surface area contributed by atoms with Crippen molar-refractivity contribution in [2.24, 2.45) is 10.2 Å². The summed E-state index contributed by atoms with van der Waals surface area (Å²) in [7, 11) is 1.38. The molecule has 5 nitrogen and oxygen atoms in total. The number of ether oxygens (including phenoxy) is 1. The number of esters is 1. The predicted octanol–water partition coefficient (Wildman–Crippen LogP) is 3.51. The molecule has 0 aliphatic heterocycles. The maximum absolute atomic E-state index is 11.8. The van der Waals surface area contributed by atoms with Crippen molar-refractivity contribution in [3.05, 3.63) is 64.5 Å². The minimum Gasteiger partial charge on any atom is -0.468 e. The van der Waals surface area contributed by atoms with E-state index in [1.807, 2.05) is 66.9 Å². The molecule has 25 heavy (non-hydrogen) atoms. The van der Waals surface area contributed by atoms with Crippen molar-refractivity contribution in [3.8, 4) is 0 Å². The van der Waals surface area contributed by atoms with Crippen LogP contribution in [-0.4, -0.2) is 23.4 Å². The molecule has 0 fully saturated rings. The van der Waals surface area contributed by atoms with Gasteiger partial charge in [0.05, 0.1) is 23.0 Å². The van der Waals surface area contributed by atoms with Crippen LogP contribution in [0.3, 0.4) is 0 Å². The van der Waals surface area contributed by atoms with Crippen LogP contribution in [0.5, 0.6) is 0 Å². The minimum absolute atomic E-state index is 0.110. The van der Waals surface area contributed by atoms with Crippen LogP contribution in [0.1, 0.15) is 18.1 Å². The van der Waals surface area contributed by atoms with Crippen molar-refractivity contribution in [2.45, 2.75) is 20.4 Å². The third kappa shape index (κ3) is 3.85. The number of rotatable bonds is 4. The van der Waals surface area contributed by atoms with Crippen molar-refractivity contribution in [3.63, 3.8) is 0 Å². The maximum Gasteiger partial charge on any atom is 0.325 e. The Hall–Kier alpha value is -2.73. The van der Waals surface area contributed by atoms with Crippen LogP contribution in [0.15, 0.2) is 58.7 Å². The zero-order valence-electron chi connectivity index (χ0n) is 14.4. The predicted molar refractivity (Wildman–Crippen MR) is 101 cm³/mol. The first-order valence-electron chi connectivity index (χ1n) is 7.89. The number of carbonyl (C=O) groups is 1. The van der Waals surface area contributed by atoms with Crippen LogP contribution in [0.2, 0.25) is 0 Å². The van der Waals surface area contributed by atoms with Gasteiger partial charge < -0.3 is 9.30 Å². The summed E-state index contributed by atoms with van der Waals surface area (Å²) in [4.78, 5) is 12.4. The van der Waals surface area contributed by atoms with E-state index in [0.29, 0.717) is 4.80 Å². The van der Waals surface area contributed by atoms with Gasteiger partial charge >= 0.3 is 5.97 Å². The Balaban J connectivity index is 2.05. The molecule has 6 heteroatoms. The van der Waals surface area contributed by atoms with E-state index in [0.717, 1.165) is 21.5 Å².